The van der Waals surface area contributed by atoms with Crippen LogP contribution >= 0.6 is 0 Å². The Morgan fingerprint density at radius 2 is 2.35 bits per heavy atom. The molecule has 0 aliphatic heterocycles. The van der Waals surface area contributed by atoms with Gasteiger partial charge in [-0.1, -0.05) is 18.6 Å². The molecule has 2 rings (SSSR count). The predicted octanol–water partition coefficient (Wildman–Crippen LogP) is 2.01. The Hall–Kier alpha value is -1.55. The molecule has 0 spiro atoms. The molecule has 1 amide bonds. The first kappa shape index (κ1) is 14.9. The minimum atomic E-state index is -0.546. The second-order valence-corrected chi connectivity index (χ2v) is 5.63. The van der Waals surface area contributed by atoms with Gasteiger partial charge in [0.15, 0.2) is 0 Å². The zero-order valence-electron chi connectivity index (χ0n) is 12.3. The molecule has 1 saturated carbocycles. The van der Waals surface area contributed by atoms with Gasteiger partial charge in [0.1, 0.15) is 11.3 Å². The molecule has 4 nitrogen and oxygen atoms in total. The normalized spacial score (nSPS) is 25.6. The quantitative estimate of drug-likeness (QED) is 0.835. The van der Waals surface area contributed by atoms with Crippen molar-refractivity contribution in [3.63, 3.8) is 0 Å². The highest BCUT2D eigenvalue weighted by Gasteiger charge is 2.46. The Labute approximate surface area is 120 Å². The van der Waals surface area contributed by atoms with Gasteiger partial charge in [-0.3, -0.25) is 4.79 Å². The maximum atomic E-state index is 11.8. The van der Waals surface area contributed by atoms with Gasteiger partial charge in [0.05, 0.1) is 6.61 Å². The number of primary amides is 1. The van der Waals surface area contributed by atoms with E-state index in [1.165, 1.54) is 5.56 Å². The van der Waals surface area contributed by atoms with Crippen molar-refractivity contribution < 1.29 is 9.53 Å². The number of ether oxygens (including phenoxy) is 1. The van der Waals surface area contributed by atoms with Gasteiger partial charge in [0, 0.05) is 0 Å². The van der Waals surface area contributed by atoms with Crippen molar-refractivity contribution in [2.45, 2.75) is 38.1 Å². The number of rotatable bonds is 6. The zero-order valence-corrected chi connectivity index (χ0v) is 12.3. The van der Waals surface area contributed by atoms with E-state index in [2.05, 4.69) is 5.32 Å². The van der Waals surface area contributed by atoms with Gasteiger partial charge in [-0.15, -0.1) is 0 Å². The molecule has 0 aromatic heterocycles. The molecule has 1 aromatic rings. The van der Waals surface area contributed by atoms with Crippen LogP contribution in [0.4, 0.5) is 0 Å². The molecule has 0 bridgehead atoms. The molecule has 2 atom stereocenters. The number of hydrogen-bond donors (Lipinski definition) is 2. The second kappa shape index (κ2) is 6.27. The van der Waals surface area contributed by atoms with Crippen molar-refractivity contribution in [1.82, 2.24) is 5.32 Å². The van der Waals surface area contributed by atoms with Gasteiger partial charge in [-0.2, -0.15) is 0 Å². The molecule has 1 fully saturated rings. The number of nitrogens with one attached hydrogen (secondary N) is 1. The fourth-order valence-corrected chi connectivity index (χ4v) is 3.27. The fourth-order valence-electron chi connectivity index (χ4n) is 3.27. The molecule has 3 N–H and O–H groups in total. The SMILES string of the molecule is CNC1(C(N)=O)CCCC1CCOc1cccc(C)c1. The highest BCUT2D eigenvalue weighted by molar-refractivity contribution is 5.85. The van der Waals surface area contributed by atoms with Gasteiger partial charge in [-0.05, 0) is 56.8 Å². The van der Waals surface area contributed by atoms with E-state index >= 15 is 0 Å². The molecular weight excluding hydrogens is 252 g/mol. The summed E-state index contributed by atoms with van der Waals surface area (Å²) in [5.74, 6) is 0.907. The maximum Gasteiger partial charge on any atom is 0.238 e. The van der Waals surface area contributed by atoms with Crippen LogP contribution < -0.4 is 15.8 Å². The lowest BCUT2D eigenvalue weighted by Gasteiger charge is -2.32. The number of likely N-dealkylation sites (N-methyl/N-ethyl adjacent to an activating group) is 1. The van der Waals surface area contributed by atoms with Crippen LogP contribution in [0.25, 0.3) is 0 Å². The van der Waals surface area contributed by atoms with E-state index in [1.807, 2.05) is 38.2 Å². The van der Waals surface area contributed by atoms with Crippen LogP contribution in [0.5, 0.6) is 5.75 Å². The molecule has 20 heavy (non-hydrogen) atoms. The van der Waals surface area contributed by atoms with Gasteiger partial charge < -0.3 is 15.8 Å². The average Bonchev–Trinajstić information content (AvgIpc) is 2.83. The van der Waals surface area contributed by atoms with Crippen LogP contribution in [-0.2, 0) is 4.79 Å². The van der Waals surface area contributed by atoms with Crippen molar-refractivity contribution in [3.8, 4) is 5.75 Å². The van der Waals surface area contributed by atoms with E-state index in [1.54, 1.807) is 0 Å². The fraction of sp³-hybridized carbons (Fsp3) is 0.562. The molecule has 1 aliphatic carbocycles. The van der Waals surface area contributed by atoms with E-state index in [9.17, 15) is 4.79 Å². The third kappa shape index (κ3) is 2.96. The van der Waals surface area contributed by atoms with E-state index in [4.69, 9.17) is 10.5 Å². The molecule has 0 heterocycles. The Bertz CT molecular complexity index is 475. The van der Waals surface area contributed by atoms with E-state index in [0.717, 1.165) is 31.4 Å². The smallest absolute Gasteiger partial charge is 0.238 e. The van der Waals surface area contributed by atoms with E-state index < -0.39 is 5.54 Å². The number of aryl methyl sites for hydroxylation is 1. The zero-order chi connectivity index (χ0) is 14.6. The number of carbonyl (C=O) groups excluding carboxylic acids is 1. The topological polar surface area (TPSA) is 64.3 Å². The summed E-state index contributed by atoms with van der Waals surface area (Å²) in [5, 5.41) is 3.15. The van der Waals surface area contributed by atoms with Crippen LogP contribution in [0.3, 0.4) is 0 Å². The molecule has 4 heteroatoms. The lowest BCUT2D eigenvalue weighted by atomic mass is 9.84. The first-order valence-corrected chi connectivity index (χ1v) is 7.27. The number of benzene rings is 1. The second-order valence-electron chi connectivity index (χ2n) is 5.63. The van der Waals surface area contributed by atoms with Crippen LogP contribution in [0.1, 0.15) is 31.2 Å². The van der Waals surface area contributed by atoms with Gasteiger partial charge in [0.2, 0.25) is 5.91 Å². The summed E-state index contributed by atoms with van der Waals surface area (Å²) in [6.45, 7) is 2.66. The molecule has 1 aromatic carbocycles. The van der Waals surface area contributed by atoms with Gasteiger partial charge >= 0.3 is 0 Å². The summed E-state index contributed by atoms with van der Waals surface area (Å²) < 4.78 is 5.79. The molecule has 2 unspecified atom stereocenters. The molecular formula is C16H24N2O2. The number of amides is 1. The van der Waals surface area contributed by atoms with Crippen LogP contribution in [0, 0.1) is 12.8 Å². The van der Waals surface area contributed by atoms with Crippen LogP contribution in [0.2, 0.25) is 0 Å². The molecule has 110 valence electrons. The van der Waals surface area contributed by atoms with Crippen molar-refractivity contribution in [2.24, 2.45) is 11.7 Å². The van der Waals surface area contributed by atoms with Crippen molar-refractivity contribution in [3.05, 3.63) is 29.8 Å². The lowest BCUT2D eigenvalue weighted by Crippen LogP contribution is -2.56. The van der Waals surface area contributed by atoms with E-state index in [0.29, 0.717) is 6.61 Å². The first-order valence-electron chi connectivity index (χ1n) is 7.27. The molecule has 0 saturated heterocycles. The standard InChI is InChI=1S/C16H24N2O2/c1-12-5-3-7-14(11-12)20-10-8-13-6-4-9-16(13,18-2)15(17)19/h3,5,7,11,13,18H,4,6,8-10H2,1-2H3,(H2,17,19). The molecule has 1 aliphatic rings. The number of carbonyl (C=O) groups is 1. The largest absolute Gasteiger partial charge is 0.494 e. The highest BCUT2D eigenvalue weighted by atomic mass is 16.5. The summed E-state index contributed by atoms with van der Waals surface area (Å²) in [7, 11) is 1.82. The molecule has 0 radical (unpaired) electrons. The van der Waals surface area contributed by atoms with Gasteiger partial charge in [-0.25, -0.2) is 0 Å². The Balaban J connectivity index is 1.92. The van der Waals surface area contributed by atoms with Crippen molar-refractivity contribution >= 4 is 5.91 Å². The van der Waals surface area contributed by atoms with Gasteiger partial charge in [0.25, 0.3) is 0 Å². The minimum absolute atomic E-state index is 0.238. The first-order chi connectivity index (χ1) is 9.58. The highest BCUT2D eigenvalue weighted by Crippen LogP contribution is 2.37. The Kier molecular flexibility index (Phi) is 4.65. The van der Waals surface area contributed by atoms with Crippen molar-refractivity contribution in [1.29, 1.82) is 0 Å². The predicted molar refractivity (Wildman–Crippen MR) is 79.6 cm³/mol. The summed E-state index contributed by atoms with van der Waals surface area (Å²) >= 11 is 0. The lowest BCUT2D eigenvalue weighted by molar-refractivity contribution is -0.125. The summed E-state index contributed by atoms with van der Waals surface area (Å²) in [5.41, 5.74) is 6.23. The van der Waals surface area contributed by atoms with E-state index in [-0.39, 0.29) is 11.8 Å². The van der Waals surface area contributed by atoms with Crippen LogP contribution in [0.15, 0.2) is 24.3 Å². The minimum Gasteiger partial charge on any atom is -0.494 e. The summed E-state index contributed by atoms with van der Waals surface area (Å²) in [6, 6.07) is 8.01. The number of nitrogens with two attached hydrogens (primary N) is 1. The third-order valence-electron chi connectivity index (χ3n) is 4.43. The van der Waals surface area contributed by atoms with Crippen LogP contribution in [-0.4, -0.2) is 25.1 Å². The third-order valence-corrected chi connectivity index (χ3v) is 4.43. The Morgan fingerprint density at radius 1 is 1.55 bits per heavy atom. The summed E-state index contributed by atoms with van der Waals surface area (Å²) in [6.07, 6.45) is 3.74. The maximum absolute atomic E-state index is 11.8. The average molecular weight is 276 g/mol. The monoisotopic (exact) mass is 276 g/mol. The number of hydrogen-bond acceptors (Lipinski definition) is 3. The summed E-state index contributed by atoms with van der Waals surface area (Å²) in [4.78, 5) is 11.8. The Morgan fingerprint density at radius 3 is 3.00 bits per heavy atom. The van der Waals surface area contributed by atoms with Crippen molar-refractivity contribution in [2.75, 3.05) is 13.7 Å².